The standard InChI is InChI=1S/C27H32BN5O6/c1-17(2)24(28(38)39)33-26(36)22(15-19-8-10-20(34)11-9-19)31-25(35)21(14-18-6-4-3-5-7-18)32-27(37)23-16-29-12-13-30-23/h3-13,16-17,21-22,24,34,38-39H,14-15H2,1-2H3,(H,31,35)(H,32,37)(H,33,36)/t21-,22-,24?/m0/s1. The molecule has 1 heterocycles. The summed E-state index contributed by atoms with van der Waals surface area (Å²) in [4.78, 5) is 47.5. The highest BCUT2D eigenvalue weighted by Gasteiger charge is 2.33. The van der Waals surface area contributed by atoms with Gasteiger partial charge in [0.2, 0.25) is 11.8 Å². The largest absolute Gasteiger partial charge is 0.508 e. The van der Waals surface area contributed by atoms with Gasteiger partial charge < -0.3 is 31.1 Å². The first-order valence-corrected chi connectivity index (χ1v) is 12.5. The second-order valence-corrected chi connectivity index (χ2v) is 9.43. The number of amides is 3. The summed E-state index contributed by atoms with van der Waals surface area (Å²) in [6.45, 7) is 3.44. The van der Waals surface area contributed by atoms with Gasteiger partial charge in [0.15, 0.2) is 0 Å². The monoisotopic (exact) mass is 533 g/mol. The quantitative estimate of drug-likeness (QED) is 0.182. The third kappa shape index (κ3) is 8.90. The molecule has 0 aliphatic heterocycles. The first-order valence-electron chi connectivity index (χ1n) is 12.5. The Morgan fingerprint density at radius 1 is 0.821 bits per heavy atom. The number of aromatic nitrogens is 2. The maximum atomic E-state index is 13.5. The van der Waals surface area contributed by atoms with Gasteiger partial charge in [-0.3, -0.25) is 19.4 Å². The third-order valence-corrected chi connectivity index (χ3v) is 6.06. The first-order chi connectivity index (χ1) is 18.6. The number of benzene rings is 2. The van der Waals surface area contributed by atoms with Crippen LogP contribution in [-0.2, 0) is 22.4 Å². The molecule has 3 atom stereocenters. The van der Waals surface area contributed by atoms with Crippen LogP contribution < -0.4 is 16.0 Å². The fraction of sp³-hybridized carbons (Fsp3) is 0.296. The minimum absolute atomic E-state index is 0.0263. The number of phenolic OH excluding ortho intramolecular Hbond substituents is 1. The molecule has 0 fully saturated rings. The Balaban J connectivity index is 1.86. The molecule has 39 heavy (non-hydrogen) atoms. The van der Waals surface area contributed by atoms with Gasteiger partial charge >= 0.3 is 7.12 Å². The molecule has 2 aromatic carbocycles. The summed E-state index contributed by atoms with van der Waals surface area (Å²) in [5.74, 6) is -3.12. The molecule has 0 spiro atoms. The Labute approximate surface area is 226 Å². The highest BCUT2D eigenvalue weighted by atomic mass is 16.4. The van der Waals surface area contributed by atoms with E-state index in [9.17, 15) is 29.5 Å². The number of carbonyl (C=O) groups excluding carboxylic acids is 3. The van der Waals surface area contributed by atoms with Crippen molar-refractivity contribution in [3.63, 3.8) is 0 Å². The zero-order chi connectivity index (χ0) is 28.4. The van der Waals surface area contributed by atoms with Crippen LogP contribution in [0, 0.1) is 5.92 Å². The Morgan fingerprint density at radius 3 is 1.97 bits per heavy atom. The lowest BCUT2D eigenvalue weighted by Crippen LogP contribution is -2.58. The summed E-state index contributed by atoms with van der Waals surface area (Å²) < 4.78 is 0. The molecule has 1 aromatic heterocycles. The molecule has 0 bridgehead atoms. The van der Waals surface area contributed by atoms with E-state index in [0.717, 1.165) is 5.56 Å². The highest BCUT2D eigenvalue weighted by molar-refractivity contribution is 6.43. The summed E-state index contributed by atoms with van der Waals surface area (Å²) in [6.07, 6.45) is 4.24. The Hall–Kier alpha value is -4.29. The number of phenols is 1. The number of nitrogens with one attached hydrogen (secondary N) is 3. The fourth-order valence-corrected chi connectivity index (χ4v) is 3.91. The molecule has 0 radical (unpaired) electrons. The van der Waals surface area contributed by atoms with Crippen molar-refractivity contribution in [1.82, 2.24) is 25.9 Å². The lowest BCUT2D eigenvalue weighted by molar-refractivity contribution is -0.130. The minimum Gasteiger partial charge on any atom is -0.508 e. The van der Waals surface area contributed by atoms with E-state index in [2.05, 4.69) is 25.9 Å². The van der Waals surface area contributed by atoms with E-state index >= 15 is 0 Å². The first kappa shape index (κ1) is 29.3. The smallest absolute Gasteiger partial charge is 0.475 e. The number of hydrogen-bond donors (Lipinski definition) is 6. The van der Waals surface area contributed by atoms with Gasteiger partial charge in [-0.25, -0.2) is 4.98 Å². The van der Waals surface area contributed by atoms with Crippen LogP contribution in [0.25, 0.3) is 0 Å². The summed E-state index contributed by atoms with van der Waals surface area (Å²) in [5, 5.41) is 37.1. The maximum Gasteiger partial charge on any atom is 0.475 e. The van der Waals surface area contributed by atoms with Gasteiger partial charge in [-0.15, -0.1) is 0 Å². The molecule has 0 saturated heterocycles. The van der Waals surface area contributed by atoms with E-state index in [0.29, 0.717) is 5.56 Å². The summed E-state index contributed by atoms with van der Waals surface area (Å²) in [7, 11) is -1.81. The summed E-state index contributed by atoms with van der Waals surface area (Å²) >= 11 is 0. The fourth-order valence-electron chi connectivity index (χ4n) is 3.91. The van der Waals surface area contributed by atoms with Crippen molar-refractivity contribution in [1.29, 1.82) is 0 Å². The predicted molar refractivity (Wildman–Crippen MR) is 144 cm³/mol. The van der Waals surface area contributed by atoms with Crippen LogP contribution >= 0.6 is 0 Å². The van der Waals surface area contributed by atoms with Gasteiger partial charge in [0.25, 0.3) is 5.91 Å². The van der Waals surface area contributed by atoms with Crippen LogP contribution in [0.15, 0.2) is 73.2 Å². The molecule has 0 saturated carbocycles. The lowest BCUT2D eigenvalue weighted by atomic mass is 9.73. The van der Waals surface area contributed by atoms with Crippen LogP contribution in [-0.4, -0.2) is 68.0 Å². The Kier molecular flexibility index (Phi) is 10.5. The van der Waals surface area contributed by atoms with Crippen molar-refractivity contribution in [3.8, 4) is 5.75 Å². The maximum absolute atomic E-state index is 13.5. The number of nitrogens with zero attached hydrogens (tertiary/aromatic N) is 2. The summed E-state index contributed by atoms with van der Waals surface area (Å²) in [6, 6.07) is 13.0. The number of hydrogen-bond acceptors (Lipinski definition) is 8. The second kappa shape index (κ2) is 14.0. The van der Waals surface area contributed by atoms with Gasteiger partial charge in [-0.2, -0.15) is 0 Å². The van der Waals surface area contributed by atoms with Crippen molar-refractivity contribution >= 4 is 24.8 Å². The van der Waals surface area contributed by atoms with E-state index in [4.69, 9.17) is 0 Å². The second-order valence-electron chi connectivity index (χ2n) is 9.43. The van der Waals surface area contributed by atoms with Crippen LogP contribution in [0.1, 0.15) is 35.5 Å². The van der Waals surface area contributed by atoms with Gasteiger partial charge in [0.1, 0.15) is 23.5 Å². The molecule has 3 aromatic rings. The van der Waals surface area contributed by atoms with Crippen LogP contribution in [0.4, 0.5) is 0 Å². The van der Waals surface area contributed by atoms with Crippen molar-refractivity contribution in [2.24, 2.45) is 5.92 Å². The van der Waals surface area contributed by atoms with Crippen LogP contribution in [0.2, 0.25) is 0 Å². The summed E-state index contributed by atoms with van der Waals surface area (Å²) in [5.41, 5.74) is 1.44. The highest BCUT2D eigenvalue weighted by Crippen LogP contribution is 2.13. The number of carbonyl (C=O) groups is 3. The van der Waals surface area contributed by atoms with Crippen molar-refractivity contribution in [3.05, 3.63) is 90.0 Å². The van der Waals surface area contributed by atoms with E-state index < -0.39 is 42.9 Å². The zero-order valence-electron chi connectivity index (χ0n) is 21.7. The minimum atomic E-state index is -1.81. The molecule has 1 unspecified atom stereocenters. The van der Waals surface area contributed by atoms with E-state index in [1.165, 1.54) is 30.7 Å². The third-order valence-electron chi connectivity index (χ3n) is 6.06. The molecule has 3 rings (SSSR count). The topological polar surface area (TPSA) is 174 Å². The molecule has 3 amide bonds. The Bertz CT molecular complexity index is 1220. The van der Waals surface area contributed by atoms with Crippen LogP contribution in [0.3, 0.4) is 0 Å². The van der Waals surface area contributed by atoms with E-state index in [1.807, 2.05) is 30.3 Å². The SMILES string of the molecule is CC(C)C(NC(=O)[C@H](Cc1ccc(O)cc1)NC(=O)[C@H](Cc1ccccc1)NC(=O)c1cnccn1)B(O)O. The number of rotatable bonds is 12. The van der Waals surface area contributed by atoms with E-state index in [1.54, 1.807) is 26.0 Å². The molecule has 204 valence electrons. The molecular formula is C27H32BN5O6. The molecule has 12 heteroatoms. The van der Waals surface area contributed by atoms with Gasteiger partial charge in [-0.1, -0.05) is 56.3 Å². The van der Waals surface area contributed by atoms with Gasteiger partial charge in [-0.05, 0) is 29.2 Å². The Morgan fingerprint density at radius 2 is 1.41 bits per heavy atom. The lowest BCUT2D eigenvalue weighted by Gasteiger charge is -2.27. The van der Waals surface area contributed by atoms with Crippen molar-refractivity contribution in [2.45, 2.75) is 44.7 Å². The van der Waals surface area contributed by atoms with Gasteiger partial charge in [0.05, 0.1) is 12.1 Å². The molecule has 11 nitrogen and oxygen atoms in total. The van der Waals surface area contributed by atoms with Gasteiger partial charge in [0, 0.05) is 25.2 Å². The molecule has 6 N–H and O–H groups in total. The van der Waals surface area contributed by atoms with E-state index in [-0.39, 0.29) is 30.2 Å². The zero-order valence-corrected chi connectivity index (χ0v) is 21.7. The van der Waals surface area contributed by atoms with Crippen molar-refractivity contribution in [2.75, 3.05) is 0 Å². The normalized spacial score (nSPS) is 13.2. The number of aromatic hydroxyl groups is 1. The molecular weight excluding hydrogens is 501 g/mol. The average molecular weight is 533 g/mol. The average Bonchev–Trinajstić information content (AvgIpc) is 2.92. The molecule has 0 aliphatic rings. The predicted octanol–water partition coefficient (Wildman–Crippen LogP) is 0.404. The molecule has 0 aliphatic carbocycles. The van der Waals surface area contributed by atoms with Crippen molar-refractivity contribution < 1.29 is 29.5 Å². The van der Waals surface area contributed by atoms with Crippen LogP contribution in [0.5, 0.6) is 5.75 Å².